The van der Waals surface area contributed by atoms with Gasteiger partial charge in [0.15, 0.2) is 0 Å². The molecule has 178 valence electrons. The summed E-state index contributed by atoms with van der Waals surface area (Å²) < 4.78 is 7.82. The average Bonchev–Trinajstić information content (AvgIpc) is 3.03. The molecule has 2 atom stereocenters. The summed E-state index contributed by atoms with van der Waals surface area (Å²) in [5.41, 5.74) is 0. The second-order valence-corrected chi connectivity index (χ2v) is 31.4. The van der Waals surface area contributed by atoms with Gasteiger partial charge >= 0.3 is 204 Å². The summed E-state index contributed by atoms with van der Waals surface area (Å²) in [5.74, 6) is -0.449. The molecular formula is C26H37NO4SiSn. The van der Waals surface area contributed by atoms with Crippen LogP contribution in [0.1, 0.15) is 27.2 Å². The maximum atomic E-state index is 13.0. The van der Waals surface area contributed by atoms with Gasteiger partial charge in [0.25, 0.3) is 0 Å². The van der Waals surface area contributed by atoms with Gasteiger partial charge in [-0.3, -0.25) is 0 Å². The van der Waals surface area contributed by atoms with Gasteiger partial charge in [-0.05, 0) is 0 Å². The molecule has 0 bridgehead atoms. The number of rotatable bonds is 7. The molecule has 1 fully saturated rings. The topological polar surface area (TPSA) is 66.8 Å². The van der Waals surface area contributed by atoms with Crippen molar-refractivity contribution >= 4 is 49.1 Å². The van der Waals surface area contributed by atoms with Gasteiger partial charge in [0.2, 0.25) is 0 Å². The molecule has 0 radical (unpaired) electrons. The molecule has 2 aromatic carbocycles. The quantitative estimate of drug-likeness (QED) is 0.483. The SMILES string of the molecule is CC(C)(C)[Si](OCC1CC([CH2][Sn]([CH3])([CH3])[CH3])C(=O)N1C(=O)O)(c1ccccc1)c1ccccc1. The summed E-state index contributed by atoms with van der Waals surface area (Å²) >= 11 is -2.28. The number of hydrogen-bond donors (Lipinski definition) is 1. The first-order chi connectivity index (χ1) is 15.4. The first-order valence-corrected chi connectivity index (χ1v) is 24.2. The first-order valence-electron chi connectivity index (χ1n) is 11.7. The van der Waals surface area contributed by atoms with E-state index in [4.69, 9.17) is 4.43 Å². The zero-order valence-corrected chi connectivity index (χ0v) is 24.5. The number of carboxylic acid groups (broad SMARTS) is 1. The minimum absolute atomic E-state index is 0.201. The normalized spacial score (nSPS) is 19.7. The summed E-state index contributed by atoms with van der Waals surface area (Å²) in [5, 5.41) is 12.0. The van der Waals surface area contributed by atoms with Crippen molar-refractivity contribution < 1.29 is 19.1 Å². The van der Waals surface area contributed by atoms with Crippen LogP contribution in [-0.2, 0) is 9.22 Å². The molecule has 0 aliphatic carbocycles. The summed E-state index contributed by atoms with van der Waals surface area (Å²) in [7, 11) is -2.79. The van der Waals surface area contributed by atoms with Gasteiger partial charge in [-0.15, -0.1) is 0 Å². The van der Waals surface area contributed by atoms with Gasteiger partial charge < -0.3 is 0 Å². The molecule has 7 heteroatoms. The van der Waals surface area contributed by atoms with Crippen molar-refractivity contribution in [2.45, 2.75) is 57.5 Å². The van der Waals surface area contributed by atoms with Crippen LogP contribution in [-0.4, -0.2) is 61.3 Å². The van der Waals surface area contributed by atoms with Crippen LogP contribution < -0.4 is 10.4 Å². The molecule has 0 aromatic heterocycles. The Morgan fingerprint density at radius 2 is 1.52 bits per heavy atom. The van der Waals surface area contributed by atoms with Crippen LogP contribution in [0.25, 0.3) is 0 Å². The van der Waals surface area contributed by atoms with Gasteiger partial charge in [0.1, 0.15) is 0 Å². The molecule has 1 N–H and O–H groups in total. The van der Waals surface area contributed by atoms with Crippen LogP contribution in [0.15, 0.2) is 60.7 Å². The van der Waals surface area contributed by atoms with Crippen molar-refractivity contribution in [3.63, 3.8) is 0 Å². The third kappa shape index (κ3) is 5.54. The molecule has 33 heavy (non-hydrogen) atoms. The van der Waals surface area contributed by atoms with E-state index in [9.17, 15) is 14.7 Å². The van der Waals surface area contributed by atoms with Crippen molar-refractivity contribution in [1.29, 1.82) is 0 Å². The standard InChI is InChI=1S/C23H28NO4Si.3CH3.Sn/c1-17-15-18(24(21(17)25)22(26)27)16-28-29(23(2,3)4,19-11-7-5-8-12-19)20-13-9-6-10-14-20;;;;/h5-14,17-18H,1,15-16H2,2-4H3,(H,26,27);3*1H3;. The Morgan fingerprint density at radius 1 is 1.03 bits per heavy atom. The van der Waals surface area contributed by atoms with Crippen LogP contribution in [0.2, 0.25) is 24.3 Å². The zero-order valence-electron chi connectivity index (χ0n) is 20.7. The van der Waals surface area contributed by atoms with Crippen molar-refractivity contribution in [2.24, 2.45) is 5.92 Å². The molecule has 0 spiro atoms. The predicted octanol–water partition coefficient (Wildman–Crippen LogP) is 4.80. The van der Waals surface area contributed by atoms with Crippen molar-refractivity contribution in [1.82, 2.24) is 4.90 Å². The molecule has 1 aliphatic rings. The number of nitrogens with zero attached hydrogens (tertiary/aromatic N) is 1. The minimum atomic E-state index is -2.79. The van der Waals surface area contributed by atoms with E-state index in [1.807, 2.05) is 36.4 Å². The Labute approximate surface area is 203 Å². The Kier molecular flexibility index (Phi) is 7.81. The molecular weight excluding hydrogens is 537 g/mol. The van der Waals surface area contributed by atoms with E-state index in [0.717, 1.165) is 19.7 Å². The molecule has 1 saturated heterocycles. The van der Waals surface area contributed by atoms with Crippen molar-refractivity contribution in [3.05, 3.63) is 60.7 Å². The van der Waals surface area contributed by atoms with Crippen LogP contribution in [0.3, 0.4) is 0 Å². The molecule has 1 aliphatic heterocycles. The Bertz CT molecular complexity index is 930. The molecule has 5 nitrogen and oxygen atoms in total. The van der Waals surface area contributed by atoms with Gasteiger partial charge in [-0.2, -0.15) is 0 Å². The summed E-state index contributed by atoms with van der Waals surface area (Å²) in [6.07, 6.45) is -0.611. The van der Waals surface area contributed by atoms with Crippen molar-refractivity contribution in [3.8, 4) is 0 Å². The van der Waals surface area contributed by atoms with E-state index in [-0.39, 0.29) is 23.5 Å². The Morgan fingerprint density at radius 3 is 1.91 bits per heavy atom. The summed E-state index contributed by atoms with van der Waals surface area (Å²) in [4.78, 5) is 33.0. The van der Waals surface area contributed by atoms with Crippen LogP contribution in [0.4, 0.5) is 4.79 Å². The van der Waals surface area contributed by atoms with Crippen LogP contribution in [0.5, 0.6) is 0 Å². The van der Waals surface area contributed by atoms with E-state index in [0.29, 0.717) is 6.42 Å². The first kappa shape index (κ1) is 26.0. The number of imide groups is 1. The van der Waals surface area contributed by atoms with Crippen LogP contribution >= 0.6 is 0 Å². The summed E-state index contributed by atoms with van der Waals surface area (Å²) in [6, 6.07) is 20.2. The Balaban J connectivity index is 2.00. The van der Waals surface area contributed by atoms with E-state index in [2.05, 4.69) is 59.9 Å². The fourth-order valence-corrected chi connectivity index (χ4v) is 15.0. The maximum absolute atomic E-state index is 13.0. The van der Waals surface area contributed by atoms with E-state index >= 15 is 0 Å². The second-order valence-electron chi connectivity index (χ2n) is 11.3. The zero-order chi connectivity index (χ0) is 24.4. The van der Waals surface area contributed by atoms with E-state index < -0.39 is 38.8 Å². The number of amides is 2. The number of hydrogen-bond acceptors (Lipinski definition) is 3. The molecule has 1 heterocycles. The fraction of sp³-hybridized carbons (Fsp3) is 0.462. The van der Waals surface area contributed by atoms with Gasteiger partial charge in [0.05, 0.1) is 0 Å². The predicted molar refractivity (Wildman–Crippen MR) is 138 cm³/mol. The van der Waals surface area contributed by atoms with Gasteiger partial charge in [0, 0.05) is 0 Å². The van der Waals surface area contributed by atoms with Crippen LogP contribution in [0, 0.1) is 5.92 Å². The number of benzene rings is 2. The second kappa shape index (κ2) is 9.92. The summed E-state index contributed by atoms with van der Waals surface area (Å²) in [6.45, 7) is 6.82. The Hall–Kier alpha value is -1.64. The van der Waals surface area contributed by atoms with Gasteiger partial charge in [-0.25, -0.2) is 0 Å². The molecule has 2 amide bonds. The molecule has 2 aromatic rings. The van der Waals surface area contributed by atoms with E-state index in [1.54, 1.807) is 0 Å². The fourth-order valence-electron chi connectivity index (χ4n) is 5.20. The number of carbonyl (C=O) groups excluding carboxylic acids is 1. The molecule has 3 rings (SSSR count). The average molecular weight is 574 g/mol. The van der Waals surface area contributed by atoms with Crippen molar-refractivity contribution in [2.75, 3.05) is 6.61 Å². The molecule has 2 unspecified atom stereocenters. The van der Waals surface area contributed by atoms with E-state index in [1.165, 1.54) is 0 Å². The third-order valence-electron chi connectivity index (χ3n) is 6.48. The monoisotopic (exact) mass is 575 g/mol. The molecule has 0 saturated carbocycles. The number of likely N-dealkylation sites (tertiary alicyclic amines) is 1. The number of carbonyl (C=O) groups is 2. The third-order valence-corrected chi connectivity index (χ3v) is 16.4. The van der Waals surface area contributed by atoms with Gasteiger partial charge in [-0.1, -0.05) is 0 Å².